The molecule has 0 aliphatic heterocycles. The van der Waals surface area contributed by atoms with Gasteiger partial charge in [-0.15, -0.1) is 0 Å². The molecule has 3 rings (SSSR count). The van der Waals surface area contributed by atoms with Crippen molar-refractivity contribution in [1.29, 1.82) is 0 Å². The molecule has 0 bridgehead atoms. The zero-order valence-corrected chi connectivity index (χ0v) is 17.4. The lowest BCUT2D eigenvalue weighted by atomic mass is 10.0. The van der Waals surface area contributed by atoms with E-state index >= 15 is 0 Å². The number of benzene rings is 2. The van der Waals surface area contributed by atoms with E-state index in [1.54, 1.807) is 43.5 Å². The van der Waals surface area contributed by atoms with Crippen molar-refractivity contribution < 1.29 is 9.53 Å². The molecule has 0 radical (unpaired) electrons. The second-order valence-corrected chi connectivity index (χ2v) is 7.90. The molecule has 0 saturated heterocycles. The van der Waals surface area contributed by atoms with Crippen molar-refractivity contribution in [2.24, 2.45) is 5.92 Å². The van der Waals surface area contributed by atoms with Crippen molar-refractivity contribution in [2.45, 2.75) is 32.1 Å². The fourth-order valence-corrected chi connectivity index (χ4v) is 3.83. The largest absolute Gasteiger partial charge is 0.495 e. The summed E-state index contributed by atoms with van der Waals surface area (Å²) in [5.41, 5.74) is 2.75. The molecule has 2 aromatic carbocycles. The van der Waals surface area contributed by atoms with Gasteiger partial charge in [0.15, 0.2) is 0 Å². The molecule has 1 saturated carbocycles. The Kier molecular flexibility index (Phi) is 6.87. The smallest absolute Gasteiger partial charge is 0.255 e. The van der Waals surface area contributed by atoms with E-state index in [0.29, 0.717) is 33.0 Å². The van der Waals surface area contributed by atoms with Gasteiger partial charge >= 0.3 is 0 Å². The zero-order chi connectivity index (χ0) is 20.1. The minimum atomic E-state index is -0.245. The van der Waals surface area contributed by atoms with Gasteiger partial charge in [-0.1, -0.05) is 55.5 Å². The third-order valence-corrected chi connectivity index (χ3v) is 5.70. The van der Waals surface area contributed by atoms with Crippen molar-refractivity contribution in [3.05, 3.63) is 64.3 Å². The predicted octanol–water partition coefficient (Wildman–Crippen LogP) is 6.76. The highest BCUT2D eigenvalue weighted by Gasteiger charge is 2.17. The van der Waals surface area contributed by atoms with Crippen LogP contribution in [0.1, 0.15) is 42.5 Å². The number of ether oxygens (including phenoxy) is 1. The maximum Gasteiger partial charge on any atom is 0.255 e. The Balaban J connectivity index is 1.72. The number of carbonyl (C=O) groups is 1. The number of amides is 1. The van der Waals surface area contributed by atoms with Crippen LogP contribution < -0.4 is 15.4 Å². The zero-order valence-electron chi connectivity index (χ0n) is 15.9. The van der Waals surface area contributed by atoms with E-state index in [4.69, 9.17) is 27.9 Å². The first-order chi connectivity index (χ1) is 13.5. The Labute approximate surface area is 175 Å². The molecule has 1 amide bonds. The minimum Gasteiger partial charge on any atom is -0.495 e. The number of allylic oxidation sites excluding steroid dienone is 1. The molecule has 0 unspecified atom stereocenters. The summed E-state index contributed by atoms with van der Waals surface area (Å²) in [6, 6.07) is 10.2. The number of hydrogen-bond donors (Lipinski definition) is 2. The van der Waals surface area contributed by atoms with Gasteiger partial charge in [-0.2, -0.15) is 0 Å². The molecule has 0 atom stereocenters. The van der Waals surface area contributed by atoms with Gasteiger partial charge in [0.05, 0.1) is 22.8 Å². The van der Waals surface area contributed by atoms with Gasteiger partial charge in [-0.25, -0.2) is 0 Å². The number of halogens is 2. The maximum atomic E-state index is 12.6. The Morgan fingerprint density at radius 1 is 1.11 bits per heavy atom. The Morgan fingerprint density at radius 2 is 1.86 bits per heavy atom. The lowest BCUT2D eigenvalue weighted by Crippen LogP contribution is -2.13. The van der Waals surface area contributed by atoms with Crippen molar-refractivity contribution >= 4 is 40.5 Å². The molecule has 1 aliphatic rings. The molecule has 0 spiro atoms. The van der Waals surface area contributed by atoms with Crippen LogP contribution in [0.2, 0.25) is 10.0 Å². The van der Waals surface area contributed by atoms with E-state index in [1.165, 1.54) is 25.7 Å². The highest BCUT2D eigenvalue weighted by Crippen LogP contribution is 2.32. The van der Waals surface area contributed by atoms with Crippen molar-refractivity contribution in [1.82, 2.24) is 0 Å². The number of rotatable bonds is 7. The summed E-state index contributed by atoms with van der Waals surface area (Å²) in [5, 5.41) is 6.99. The van der Waals surface area contributed by atoms with Crippen LogP contribution in [-0.4, -0.2) is 13.0 Å². The van der Waals surface area contributed by atoms with Crippen LogP contribution in [0.25, 0.3) is 0 Å². The molecule has 2 aromatic rings. The third kappa shape index (κ3) is 5.21. The van der Waals surface area contributed by atoms with Gasteiger partial charge in [0, 0.05) is 16.9 Å². The van der Waals surface area contributed by atoms with Gasteiger partial charge in [-0.05, 0) is 48.7 Å². The molecule has 6 heteroatoms. The molecule has 4 nitrogen and oxygen atoms in total. The van der Waals surface area contributed by atoms with Crippen molar-refractivity contribution in [2.75, 3.05) is 17.7 Å². The van der Waals surface area contributed by atoms with Crippen LogP contribution >= 0.6 is 23.2 Å². The topological polar surface area (TPSA) is 50.4 Å². The Hall–Kier alpha value is -2.17. The first kappa shape index (κ1) is 20.6. The van der Waals surface area contributed by atoms with Crippen LogP contribution in [0.5, 0.6) is 5.75 Å². The normalized spacial score (nSPS) is 14.0. The highest BCUT2D eigenvalue weighted by molar-refractivity contribution is 6.42. The standard InChI is InChI=1S/C22H24Cl2N2O2/c1-14(11-15-5-3-4-6-15)25-20-12-16(7-10-21(20)28-2)22(27)26-17-8-9-18(23)19(24)13-17/h7-10,12-13,15,25H,1,3-6,11H2,2H3,(H,26,27). The number of methoxy groups -OCH3 is 1. The summed E-state index contributed by atoms with van der Waals surface area (Å²) in [5.74, 6) is 1.11. The summed E-state index contributed by atoms with van der Waals surface area (Å²) >= 11 is 11.9. The van der Waals surface area contributed by atoms with E-state index in [1.807, 2.05) is 0 Å². The lowest BCUT2D eigenvalue weighted by Gasteiger charge is -2.17. The number of hydrogen-bond acceptors (Lipinski definition) is 3. The Bertz CT molecular complexity index is 877. The van der Waals surface area contributed by atoms with Crippen LogP contribution in [-0.2, 0) is 0 Å². The number of nitrogens with one attached hydrogen (secondary N) is 2. The SMILES string of the molecule is C=C(CC1CCCC1)Nc1cc(C(=O)Nc2ccc(Cl)c(Cl)c2)ccc1OC. The summed E-state index contributed by atoms with van der Waals surface area (Å²) in [6.07, 6.45) is 6.04. The number of carbonyl (C=O) groups excluding carboxylic acids is 1. The van der Waals surface area contributed by atoms with Crippen molar-refractivity contribution in [3.63, 3.8) is 0 Å². The van der Waals surface area contributed by atoms with Gasteiger partial charge in [-0.3, -0.25) is 4.79 Å². The second-order valence-electron chi connectivity index (χ2n) is 7.08. The first-order valence-corrected chi connectivity index (χ1v) is 10.1. The fraction of sp³-hybridized carbons (Fsp3) is 0.318. The number of anilines is 2. The van der Waals surface area contributed by atoms with Crippen molar-refractivity contribution in [3.8, 4) is 5.75 Å². The van der Waals surface area contributed by atoms with E-state index in [9.17, 15) is 4.79 Å². The van der Waals surface area contributed by atoms with Gasteiger partial charge in [0.25, 0.3) is 5.91 Å². The van der Waals surface area contributed by atoms with Gasteiger partial charge < -0.3 is 15.4 Å². The monoisotopic (exact) mass is 418 g/mol. The fourth-order valence-electron chi connectivity index (χ4n) is 3.53. The van der Waals surface area contributed by atoms with E-state index in [-0.39, 0.29) is 5.91 Å². The molecular weight excluding hydrogens is 395 g/mol. The van der Waals surface area contributed by atoms with E-state index in [0.717, 1.165) is 17.8 Å². The molecule has 2 N–H and O–H groups in total. The molecule has 1 fully saturated rings. The third-order valence-electron chi connectivity index (χ3n) is 4.96. The quantitative estimate of drug-likeness (QED) is 0.521. The Morgan fingerprint density at radius 3 is 2.54 bits per heavy atom. The highest BCUT2D eigenvalue weighted by atomic mass is 35.5. The molecule has 28 heavy (non-hydrogen) atoms. The summed E-state index contributed by atoms with van der Waals surface area (Å²) < 4.78 is 5.43. The van der Waals surface area contributed by atoms with Crippen LogP contribution in [0.15, 0.2) is 48.7 Å². The average molecular weight is 419 g/mol. The predicted molar refractivity (Wildman–Crippen MR) is 117 cm³/mol. The van der Waals surface area contributed by atoms with Crippen LogP contribution in [0.3, 0.4) is 0 Å². The minimum absolute atomic E-state index is 0.245. The second kappa shape index (κ2) is 9.35. The molecule has 0 aromatic heterocycles. The van der Waals surface area contributed by atoms with Crippen LogP contribution in [0, 0.1) is 5.92 Å². The van der Waals surface area contributed by atoms with E-state index in [2.05, 4.69) is 17.2 Å². The molecule has 1 aliphatic carbocycles. The molecule has 0 heterocycles. The molecular formula is C22H24Cl2N2O2. The summed E-state index contributed by atoms with van der Waals surface area (Å²) in [7, 11) is 1.61. The van der Waals surface area contributed by atoms with Gasteiger partial charge in [0.2, 0.25) is 0 Å². The first-order valence-electron chi connectivity index (χ1n) is 9.35. The van der Waals surface area contributed by atoms with Gasteiger partial charge in [0.1, 0.15) is 5.75 Å². The summed E-state index contributed by atoms with van der Waals surface area (Å²) in [6.45, 7) is 4.15. The molecule has 148 valence electrons. The van der Waals surface area contributed by atoms with Crippen LogP contribution in [0.4, 0.5) is 11.4 Å². The average Bonchev–Trinajstić information content (AvgIpc) is 3.17. The lowest BCUT2D eigenvalue weighted by molar-refractivity contribution is 0.102. The van der Waals surface area contributed by atoms with E-state index < -0.39 is 0 Å². The summed E-state index contributed by atoms with van der Waals surface area (Å²) in [4.78, 5) is 12.6. The maximum absolute atomic E-state index is 12.6.